The maximum absolute atomic E-state index is 12.4. The number of hydrogen-bond acceptors (Lipinski definition) is 3. The van der Waals surface area contributed by atoms with E-state index in [1.165, 1.54) is 12.1 Å². The Morgan fingerprint density at radius 2 is 2.00 bits per heavy atom. The van der Waals surface area contributed by atoms with Crippen molar-refractivity contribution in [2.75, 3.05) is 6.67 Å². The molecule has 0 saturated carbocycles. The summed E-state index contributed by atoms with van der Waals surface area (Å²) in [6.07, 6.45) is 0. The van der Waals surface area contributed by atoms with E-state index in [0.29, 0.717) is 6.54 Å². The molecule has 0 amide bonds. The van der Waals surface area contributed by atoms with Crippen LogP contribution in [0.5, 0.6) is 0 Å². The van der Waals surface area contributed by atoms with E-state index in [0.717, 1.165) is 5.56 Å². The third kappa shape index (κ3) is 2.75. The molecule has 0 aliphatic heterocycles. The van der Waals surface area contributed by atoms with E-state index in [2.05, 4.69) is 10.5 Å². The maximum Gasteiger partial charge on any atom is 0.131 e. The highest BCUT2D eigenvalue weighted by atomic mass is 19.1. The minimum absolute atomic E-state index is 0.0807. The molecule has 1 aromatic rings. The third-order valence-electron chi connectivity index (χ3n) is 1.42. The predicted molar refractivity (Wildman–Crippen MR) is 43.9 cm³/mol. The van der Waals surface area contributed by atoms with Crippen molar-refractivity contribution in [3.63, 3.8) is 0 Å². The molecule has 0 bridgehead atoms. The molecular formula is C8H9FN2O. The van der Waals surface area contributed by atoms with Crippen LogP contribution >= 0.6 is 0 Å². The number of rotatable bonds is 4. The van der Waals surface area contributed by atoms with E-state index in [4.69, 9.17) is 0 Å². The molecule has 0 unspecified atom stereocenters. The van der Waals surface area contributed by atoms with Gasteiger partial charge in [0.25, 0.3) is 0 Å². The van der Waals surface area contributed by atoms with Crippen LogP contribution in [0.15, 0.2) is 29.4 Å². The maximum atomic E-state index is 12.4. The molecule has 0 radical (unpaired) electrons. The van der Waals surface area contributed by atoms with Gasteiger partial charge >= 0.3 is 0 Å². The van der Waals surface area contributed by atoms with Crippen molar-refractivity contribution in [1.29, 1.82) is 0 Å². The van der Waals surface area contributed by atoms with Gasteiger partial charge in [0.2, 0.25) is 0 Å². The highest BCUT2D eigenvalue weighted by Gasteiger charge is 1.92. The lowest BCUT2D eigenvalue weighted by atomic mass is 10.2. The SMILES string of the molecule is O=NCNCc1ccc(F)cc1. The minimum atomic E-state index is -0.257. The molecule has 3 nitrogen and oxygen atoms in total. The lowest BCUT2D eigenvalue weighted by Crippen LogP contribution is -2.12. The summed E-state index contributed by atoms with van der Waals surface area (Å²) in [5, 5.41) is 5.40. The Hall–Kier alpha value is -1.29. The van der Waals surface area contributed by atoms with Crippen molar-refractivity contribution in [1.82, 2.24) is 5.32 Å². The van der Waals surface area contributed by atoms with E-state index < -0.39 is 0 Å². The highest BCUT2D eigenvalue weighted by molar-refractivity contribution is 5.15. The van der Waals surface area contributed by atoms with E-state index >= 15 is 0 Å². The summed E-state index contributed by atoms with van der Waals surface area (Å²) in [6, 6.07) is 6.08. The fourth-order valence-electron chi connectivity index (χ4n) is 0.848. The molecule has 0 saturated heterocycles. The molecule has 0 aliphatic rings. The van der Waals surface area contributed by atoms with Gasteiger partial charge in [-0.3, -0.25) is 5.32 Å². The summed E-state index contributed by atoms with van der Waals surface area (Å²) >= 11 is 0. The molecule has 0 aromatic heterocycles. The Morgan fingerprint density at radius 3 is 2.58 bits per heavy atom. The van der Waals surface area contributed by atoms with E-state index in [1.807, 2.05) is 0 Å². The monoisotopic (exact) mass is 168 g/mol. The topological polar surface area (TPSA) is 41.5 Å². The molecule has 0 spiro atoms. The second-order valence-corrected chi connectivity index (χ2v) is 2.34. The molecule has 12 heavy (non-hydrogen) atoms. The van der Waals surface area contributed by atoms with Crippen LogP contribution in [0, 0.1) is 10.7 Å². The highest BCUT2D eigenvalue weighted by Crippen LogP contribution is 2.01. The predicted octanol–water partition coefficient (Wildman–Crippen LogP) is 1.64. The van der Waals surface area contributed by atoms with Gasteiger partial charge in [0, 0.05) is 6.54 Å². The Balaban J connectivity index is 2.42. The van der Waals surface area contributed by atoms with Crippen molar-refractivity contribution in [2.45, 2.75) is 6.54 Å². The van der Waals surface area contributed by atoms with Crippen LogP contribution in [-0.4, -0.2) is 6.67 Å². The average molecular weight is 168 g/mol. The Bertz CT molecular complexity index is 248. The van der Waals surface area contributed by atoms with E-state index in [1.54, 1.807) is 12.1 Å². The molecule has 0 heterocycles. The van der Waals surface area contributed by atoms with Gasteiger partial charge in [0.1, 0.15) is 12.5 Å². The van der Waals surface area contributed by atoms with Crippen molar-refractivity contribution >= 4 is 0 Å². The van der Waals surface area contributed by atoms with Crippen LogP contribution in [0.25, 0.3) is 0 Å². The smallest absolute Gasteiger partial charge is 0.131 e. The fraction of sp³-hybridized carbons (Fsp3) is 0.250. The first-order valence-electron chi connectivity index (χ1n) is 3.57. The van der Waals surface area contributed by atoms with E-state index in [-0.39, 0.29) is 12.5 Å². The van der Waals surface area contributed by atoms with Crippen LogP contribution in [0.3, 0.4) is 0 Å². The van der Waals surface area contributed by atoms with Gasteiger partial charge in [0.15, 0.2) is 0 Å². The number of nitrogens with zero attached hydrogens (tertiary/aromatic N) is 1. The van der Waals surface area contributed by atoms with Crippen molar-refractivity contribution in [2.24, 2.45) is 5.18 Å². The molecule has 0 fully saturated rings. The van der Waals surface area contributed by atoms with Crippen LogP contribution in [0.2, 0.25) is 0 Å². The zero-order valence-electron chi connectivity index (χ0n) is 6.46. The zero-order valence-corrected chi connectivity index (χ0v) is 6.46. The molecule has 1 rings (SSSR count). The molecular weight excluding hydrogens is 159 g/mol. The second-order valence-electron chi connectivity index (χ2n) is 2.34. The summed E-state index contributed by atoms with van der Waals surface area (Å²) in [7, 11) is 0. The Morgan fingerprint density at radius 1 is 1.33 bits per heavy atom. The van der Waals surface area contributed by atoms with Gasteiger partial charge in [-0.05, 0) is 17.7 Å². The number of nitrogens with one attached hydrogen (secondary N) is 1. The molecule has 0 aliphatic carbocycles. The summed E-state index contributed by atoms with van der Waals surface area (Å²) in [5.41, 5.74) is 0.931. The molecule has 1 N–H and O–H groups in total. The summed E-state index contributed by atoms with van der Waals surface area (Å²) in [5.74, 6) is -0.257. The summed E-state index contributed by atoms with van der Waals surface area (Å²) in [4.78, 5) is 9.68. The zero-order chi connectivity index (χ0) is 8.81. The van der Waals surface area contributed by atoms with Gasteiger partial charge in [-0.15, -0.1) is 4.91 Å². The summed E-state index contributed by atoms with van der Waals surface area (Å²) in [6.45, 7) is 0.614. The Kier molecular flexibility index (Phi) is 3.35. The van der Waals surface area contributed by atoms with Crippen molar-refractivity contribution in [3.8, 4) is 0 Å². The quantitative estimate of drug-likeness (QED) is 0.548. The first-order valence-corrected chi connectivity index (χ1v) is 3.57. The second kappa shape index (κ2) is 4.56. The van der Waals surface area contributed by atoms with Crippen LogP contribution in [0.4, 0.5) is 4.39 Å². The Labute approximate surface area is 69.6 Å². The number of nitroso groups, excluding NO2 is 1. The van der Waals surface area contributed by atoms with Gasteiger partial charge in [-0.1, -0.05) is 17.3 Å². The molecule has 64 valence electrons. The fourth-order valence-corrected chi connectivity index (χ4v) is 0.848. The minimum Gasteiger partial charge on any atom is -0.291 e. The largest absolute Gasteiger partial charge is 0.291 e. The molecule has 0 atom stereocenters. The van der Waals surface area contributed by atoms with Crippen LogP contribution in [-0.2, 0) is 6.54 Å². The van der Waals surface area contributed by atoms with Crippen LogP contribution in [0.1, 0.15) is 5.56 Å². The lowest BCUT2D eigenvalue weighted by Gasteiger charge is -1.99. The average Bonchev–Trinajstić information content (AvgIpc) is 2.09. The standard InChI is InChI=1S/C8H9FN2O/c9-8-3-1-7(2-4-8)5-10-6-11-12/h1-4,10H,5-6H2. The summed E-state index contributed by atoms with van der Waals surface area (Å²) < 4.78 is 12.4. The number of hydrogen-bond donors (Lipinski definition) is 1. The third-order valence-corrected chi connectivity index (χ3v) is 1.42. The molecule has 4 heteroatoms. The van der Waals surface area contributed by atoms with Crippen molar-refractivity contribution < 1.29 is 4.39 Å². The first-order chi connectivity index (χ1) is 5.83. The van der Waals surface area contributed by atoms with E-state index in [9.17, 15) is 9.30 Å². The normalized spacial score (nSPS) is 9.75. The number of benzene rings is 1. The van der Waals surface area contributed by atoms with Crippen molar-refractivity contribution in [3.05, 3.63) is 40.6 Å². The van der Waals surface area contributed by atoms with Gasteiger partial charge in [-0.25, -0.2) is 4.39 Å². The van der Waals surface area contributed by atoms with Gasteiger partial charge < -0.3 is 0 Å². The van der Waals surface area contributed by atoms with Gasteiger partial charge in [0.05, 0.1) is 0 Å². The van der Waals surface area contributed by atoms with Gasteiger partial charge in [-0.2, -0.15) is 0 Å². The number of halogens is 1. The molecule has 1 aromatic carbocycles. The lowest BCUT2D eigenvalue weighted by molar-refractivity contribution is 0.625. The first kappa shape index (κ1) is 8.80. The van der Waals surface area contributed by atoms with Crippen LogP contribution < -0.4 is 5.32 Å².